The van der Waals surface area contributed by atoms with Gasteiger partial charge in [-0.2, -0.15) is 5.10 Å². The van der Waals surface area contributed by atoms with Gasteiger partial charge < -0.3 is 10.6 Å². The van der Waals surface area contributed by atoms with Gasteiger partial charge in [0.05, 0.1) is 33.8 Å². The number of halogens is 1. The number of benzene rings is 1. The predicted octanol–water partition coefficient (Wildman–Crippen LogP) is 3.49. The maximum absolute atomic E-state index is 6.11. The lowest BCUT2D eigenvalue weighted by atomic mass is 10.2. The molecule has 0 radical (unpaired) electrons. The molecule has 1 aromatic heterocycles. The van der Waals surface area contributed by atoms with E-state index < -0.39 is 0 Å². The number of rotatable bonds is 5. The van der Waals surface area contributed by atoms with Crippen molar-refractivity contribution in [1.82, 2.24) is 9.78 Å². The van der Waals surface area contributed by atoms with Crippen molar-refractivity contribution in [3.63, 3.8) is 0 Å². The molecule has 0 spiro atoms. The Hall–Kier alpha value is -1.49. The fraction of sp³-hybridized carbons (Fsp3) is 0.400. The third-order valence-corrected chi connectivity index (χ3v) is 4.40. The van der Waals surface area contributed by atoms with Gasteiger partial charge in [-0.05, 0) is 41.4 Å². The van der Waals surface area contributed by atoms with Crippen LogP contribution in [0.25, 0.3) is 0 Å². The van der Waals surface area contributed by atoms with Crippen LogP contribution in [-0.2, 0) is 13.6 Å². The molecule has 0 aliphatic rings. The summed E-state index contributed by atoms with van der Waals surface area (Å²) < 4.78 is 3.01. The first-order valence-electron chi connectivity index (χ1n) is 6.82. The second-order valence-electron chi connectivity index (χ2n) is 4.95. The molecule has 0 bridgehead atoms. The van der Waals surface area contributed by atoms with Crippen LogP contribution in [0.2, 0.25) is 0 Å². The molecule has 0 saturated heterocycles. The van der Waals surface area contributed by atoms with E-state index in [0.29, 0.717) is 0 Å². The second kappa shape index (κ2) is 6.31. The van der Waals surface area contributed by atoms with Crippen LogP contribution in [-0.4, -0.2) is 16.3 Å². The van der Waals surface area contributed by atoms with Crippen molar-refractivity contribution in [2.75, 3.05) is 17.2 Å². The average molecular weight is 337 g/mol. The van der Waals surface area contributed by atoms with Crippen LogP contribution in [0.3, 0.4) is 0 Å². The monoisotopic (exact) mass is 336 g/mol. The van der Waals surface area contributed by atoms with Crippen molar-refractivity contribution < 1.29 is 0 Å². The van der Waals surface area contributed by atoms with E-state index in [4.69, 9.17) is 5.73 Å². The highest BCUT2D eigenvalue weighted by molar-refractivity contribution is 9.10. The zero-order valence-electron chi connectivity index (χ0n) is 12.2. The lowest BCUT2D eigenvalue weighted by Crippen LogP contribution is -2.25. The van der Waals surface area contributed by atoms with E-state index in [1.54, 1.807) is 0 Å². The average Bonchev–Trinajstić information content (AvgIpc) is 2.65. The molecule has 20 heavy (non-hydrogen) atoms. The molecule has 0 atom stereocenters. The molecule has 0 aliphatic carbocycles. The first-order chi connectivity index (χ1) is 9.54. The Bertz CT molecular complexity index is 592. The molecule has 0 aliphatic heterocycles. The molecule has 108 valence electrons. The number of nitrogens with two attached hydrogens (primary N) is 1. The number of hydrogen-bond acceptors (Lipinski definition) is 3. The number of aromatic nitrogens is 2. The van der Waals surface area contributed by atoms with Crippen molar-refractivity contribution in [3.8, 4) is 0 Å². The van der Waals surface area contributed by atoms with Crippen LogP contribution >= 0.6 is 15.9 Å². The molecule has 2 aromatic rings. The van der Waals surface area contributed by atoms with E-state index >= 15 is 0 Å². The van der Waals surface area contributed by atoms with Crippen LogP contribution in [0.4, 0.5) is 11.4 Å². The summed E-state index contributed by atoms with van der Waals surface area (Å²) in [6.45, 7) is 5.94. The fourth-order valence-corrected chi connectivity index (χ4v) is 2.82. The van der Waals surface area contributed by atoms with Crippen molar-refractivity contribution in [3.05, 3.63) is 40.1 Å². The molecule has 1 aromatic carbocycles. The first kappa shape index (κ1) is 14.9. The Kier molecular flexibility index (Phi) is 4.70. The van der Waals surface area contributed by atoms with E-state index in [0.717, 1.165) is 41.1 Å². The number of anilines is 2. The maximum Gasteiger partial charge on any atom is 0.0739 e. The third-order valence-electron chi connectivity index (χ3n) is 3.37. The number of para-hydroxylation sites is 2. The van der Waals surface area contributed by atoms with E-state index in [2.05, 4.69) is 38.9 Å². The maximum atomic E-state index is 6.11. The van der Waals surface area contributed by atoms with Crippen molar-refractivity contribution in [1.29, 1.82) is 0 Å². The fourth-order valence-electron chi connectivity index (χ4n) is 2.36. The normalized spacial score (nSPS) is 10.8. The number of hydrogen-bond donors (Lipinski definition) is 1. The van der Waals surface area contributed by atoms with E-state index in [1.807, 2.05) is 36.9 Å². The number of aryl methyl sites for hydroxylation is 2. The first-order valence-corrected chi connectivity index (χ1v) is 7.61. The van der Waals surface area contributed by atoms with Gasteiger partial charge in [-0.3, -0.25) is 4.68 Å². The second-order valence-corrected chi connectivity index (χ2v) is 5.74. The van der Waals surface area contributed by atoms with Crippen molar-refractivity contribution in [2.45, 2.75) is 26.8 Å². The van der Waals surface area contributed by atoms with Gasteiger partial charge in [0, 0.05) is 13.6 Å². The van der Waals surface area contributed by atoms with E-state index in [-0.39, 0.29) is 0 Å². The summed E-state index contributed by atoms with van der Waals surface area (Å²) in [6.07, 6.45) is 1.07. The van der Waals surface area contributed by atoms with Gasteiger partial charge in [0.2, 0.25) is 0 Å². The van der Waals surface area contributed by atoms with Gasteiger partial charge in [-0.15, -0.1) is 0 Å². The Morgan fingerprint density at radius 2 is 2.05 bits per heavy atom. The number of nitrogen functional groups attached to an aromatic ring is 1. The molecule has 4 nitrogen and oxygen atoms in total. The van der Waals surface area contributed by atoms with E-state index in [1.165, 1.54) is 5.69 Å². The van der Waals surface area contributed by atoms with E-state index in [9.17, 15) is 0 Å². The molecule has 1 heterocycles. The van der Waals surface area contributed by atoms with Crippen molar-refractivity contribution in [2.24, 2.45) is 7.05 Å². The Morgan fingerprint density at radius 1 is 1.35 bits per heavy atom. The summed E-state index contributed by atoms with van der Waals surface area (Å²) in [5.74, 6) is 0. The highest BCUT2D eigenvalue weighted by Gasteiger charge is 2.16. The summed E-state index contributed by atoms with van der Waals surface area (Å²) in [5.41, 5.74) is 10.2. The highest BCUT2D eigenvalue weighted by Crippen LogP contribution is 2.27. The summed E-state index contributed by atoms with van der Waals surface area (Å²) in [4.78, 5) is 2.30. The van der Waals surface area contributed by atoms with Gasteiger partial charge in [0.15, 0.2) is 0 Å². The Morgan fingerprint density at radius 3 is 2.60 bits per heavy atom. The van der Waals surface area contributed by atoms with Crippen LogP contribution in [0.5, 0.6) is 0 Å². The molecule has 0 amide bonds. The summed E-state index contributed by atoms with van der Waals surface area (Å²) in [6, 6.07) is 8.01. The zero-order chi connectivity index (χ0) is 14.7. The van der Waals surface area contributed by atoms with Crippen molar-refractivity contribution >= 4 is 27.3 Å². The quantitative estimate of drug-likeness (QED) is 0.850. The van der Waals surface area contributed by atoms with Crippen LogP contribution < -0.4 is 10.6 Å². The topological polar surface area (TPSA) is 47.1 Å². The zero-order valence-corrected chi connectivity index (χ0v) is 13.8. The summed E-state index contributed by atoms with van der Waals surface area (Å²) in [7, 11) is 1.98. The number of nitrogens with zero attached hydrogens (tertiary/aromatic N) is 3. The molecular weight excluding hydrogens is 316 g/mol. The Labute approximate surface area is 128 Å². The van der Waals surface area contributed by atoms with Crippen LogP contribution in [0.15, 0.2) is 28.7 Å². The molecule has 0 saturated carbocycles. The van der Waals surface area contributed by atoms with Gasteiger partial charge in [0.1, 0.15) is 0 Å². The SMILES string of the molecule is CCCN(Cc1c(Br)c(C)nn1C)c1ccccc1N. The highest BCUT2D eigenvalue weighted by atomic mass is 79.9. The summed E-state index contributed by atoms with van der Waals surface area (Å²) in [5, 5.41) is 4.45. The summed E-state index contributed by atoms with van der Waals surface area (Å²) >= 11 is 3.63. The largest absolute Gasteiger partial charge is 0.397 e. The van der Waals surface area contributed by atoms with Gasteiger partial charge >= 0.3 is 0 Å². The minimum absolute atomic E-state index is 0.792. The molecule has 2 N–H and O–H groups in total. The third kappa shape index (κ3) is 2.98. The van der Waals surface area contributed by atoms with Crippen LogP contribution in [0.1, 0.15) is 24.7 Å². The van der Waals surface area contributed by atoms with Gasteiger partial charge in [0.25, 0.3) is 0 Å². The molecule has 2 rings (SSSR count). The minimum Gasteiger partial charge on any atom is -0.397 e. The lowest BCUT2D eigenvalue weighted by molar-refractivity contribution is 0.669. The predicted molar refractivity (Wildman–Crippen MR) is 87.8 cm³/mol. The smallest absolute Gasteiger partial charge is 0.0739 e. The minimum atomic E-state index is 0.792. The molecular formula is C15H21BrN4. The molecule has 0 fully saturated rings. The lowest BCUT2D eigenvalue weighted by Gasteiger charge is -2.26. The van der Waals surface area contributed by atoms with Gasteiger partial charge in [-0.1, -0.05) is 19.1 Å². The molecule has 0 unspecified atom stereocenters. The standard InChI is InChI=1S/C15H21BrN4/c1-4-9-20(13-8-6-5-7-12(13)17)10-14-15(16)11(2)18-19(14)3/h5-8H,4,9-10,17H2,1-3H3. The van der Waals surface area contributed by atoms with Crippen LogP contribution in [0, 0.1) is 6.92 Å². The Balaban J connectivity index is 2.33. The molecule has 5 heteroatoms. The van der Waals surface area contributed by atoms with Gasteiger partial charge in [-0.25, -0.2) is 0 Å².